The number of rotatable bonds is 9. The molecule has 3 aromatic rings. The fraction of sp³-hybridized carbons (Fsp3) is 0.355. The molecular weight excluding hydrogens is 592 g/mol. The monoisotopic (exact) mass is 624 g/mol. The van der Waals surface area contributed by atoms with E-state index in [0.717, 1.165) is 36.6 Å². The number of pyridine rings is 1. The zero-order valence-corrected chi connectivity index (χ0v) is 25.5. The fourth-order valence-corrected chi connectivity index (χ4v) is 5.95. The summed E-state index contributed by atoms with van der Waals surface area (Å²) in [6.45, 7) is 6.14. The van der Waals surface area contributed by atoms with E-state index in [0.29, 0.717) is 16.1 Å². The molecule has 12 nitrogen and oxygen atoms in total. The predicted octanol–water partition coefficient (Wildman–Crippen LogP) is 3.97. The molecule has 0 saturated carbocycles. The molecule has 0 radical (unpaired) electrons. The van der Waals surface area contributed by atoms with Crippen LogP contribution in [0.1, 0.15) is 43.6 Å². The summed E-state index contributed by atoms with van der Waals surface area (Å²) in [4.78, 5) is 66.6. The molecule has 1 aliphatic heterocycles. The van der Waals surface area contributed by atoms with Crippen molar-refractivity contribution in [2.75, 3.05) is 11.9 Å². The number of carbonyl (C=O) groups is 5. The van der Waals surface area contributed by atoms with Crippen LogP contribution in [0.15, 0.2) is 59.6 Å². The standard InChI is InChI=1S/C31H32N2O10S/c1-16-11-12-25(22(14-16)30(38)33-23-10-6-8-21-9-7-13-32-26(21)23)44-31-29(42-20(5)37)28(41-19(4)36)27(40-18(3)35)24(43-31)15-39-17(2)34/h6-14,24,27-29,31H,15H2,1-5H3,(H,33,38)/t24-,27-,28+,29-,31+/m1/s1. The van der Waals surface area contributed by atoms with Gasteiger partial charge in [0.05, 0.1) is 16.8 Å². The van der Waals surface area contributed by atoms with Gasteiger partial charge in [0.15, 0.2) is 18.3 Å². The maximum atomic E-state index is 13.7. The molecule has 232 valence electrons. The van der Waals surface area contributed by atoms with Crippen molar-refractivity contribution < 1.29 is 47.7 Å². The highest BCUT2D eigenvalue weighted by Crippen LogP contribution is 2.39. The topological polar surface area (TPSA) is 156 Å². The molecule has 1 saturated heterocycles. The molecule has 0 spiro atoms. The fourth-order valence-electron chi connectivity index (χ4n) is 4.73. The summed E-state index contributed by atoms with van der Waals surface area (Å²) in [5.74, 6) is -3.23. The lowest BCUT2D eigenvalue weighted by Gasteiger charge is -2.44. The molecule has 0 bridgehead atoms. The van der Waals surface area contributed by atoms with E-state index < -0.39 is 59.6 Å². The second-order valence-electron chi connectivity index (χ2n) is 10.0. The summed E-state index contributed by atoms with van der Waals surface area (Å²) in [7, 11) is 0. The van der Waals surface area contributed by atoms with Crippen molar-refractivity contribution in [3.05, 3.63) is 65.9 Å². The Hall–Kier alpha value is -4.49. The molecule has 4 rings (SSSR count). The number of hydrogen-bond acceptors (Lipinski definition) is 12. The number of fused-ring (bicyclic) bond motifs is 1. The molecule has 44 heavy (non-hydrogen) atoms. The van der Waals surface area contributed by atoms with Crippen LogP contribution in [-0.2, 0) is 42.9 Å². The van der Waals surface area contributed by atoms with E-state index >= 15 is 0 Å². The summed E-state index contributed by atoms with van der Waals surface area (Å²) < 4.78 is 27.9. The highest BCUT2D eigenvalue weighted by Gasteiger charge is 2.52. The molecule has 1 N–H and O–H groups in total. The number of benzene rings is 2. The van der Waals surface area contributed by atoms with Crippen molar-refractivity contribution >= 4 is 58.1 Å². The quantitative estimate of drug-likeness (QED) is 0.270. The number of para-hydroxylation sites is 1. The molecule has 13 heteroatoms. The molecule has 1 aliphatic rings. The number of aromatic nitrogens is 1. The summed E-state index contributed by atoms with van der Waals surface area (Å²) >= 11 is 1.03. The Balaban J connectivity index is 1.72. The lowest BCUT2D eigenvalue weighted by atomic mass is 9.99. The molecular formula is C31H32N2O10S. The first kappa shape index (κ1) is 32.4. The zero-order valence-electron chi connectivity index (χ0n) is 24.7. The number of ether oxygens (including phenoxy) is 5. The Morgan fingerprint density at radius 2 is 1.50 bits per heavy atom. The van der Waals surface area contributed by atoms with Gasteiger partial charge in [0, 0.05) is 44.2 Å². The largest absolute Gasteiger partial charge is 0.463 e. The Bertz CT molecular complexity index is 1570. The molecule has 1 fully saturated rings. The molecule has 0 aliphatic carbocycles. The van der Waals surface area contributed by atoms with Gasteiger partial charge in [-0.3, -0.25) is 29.0 Å². The van der Waals surface area contributed by atoms with Gasteiger partial charge in [-0.05, 0) is 31.2 Å². The van der Waals surface area contributed by atoms with Crippen LogP contribution in [0, 0.1) is 6.92 Å². The van der Waals surface area contributed by atoms with Crippen LogP contribution < -0.4 is 5.32 Å². The van der Waals surface area contributed by atoms with Gasteiger partial charge in [0.1, 0.15) is 18.1 Å². The van der Waals surface area contributed by atoms with E-state index in [1.165, 1.54) is 13.8 Å². The minimum atomic E-state index is -1.32. The smallest absolute Gasteiger partial charge is 0.303 e. The third kappa shape index (κ3) is 8.11. The minimum Gasteiger partial charge on any atom is -0.463 e. The number of thioether (sulfide) groups is 1. The van der Waals surface area contributed by atoms with E-state index in [9.17, 15) is 24.0 Å². The normalized spacial score (nSPS) is 21.2. The Morgan fingerprint density at radius 3 is 2.18 bits per heavy atom. The average Bonchev–Trinajstić information content (AvgIpc) is 2.95. The highest BCUT2D eigenvalue weighted by atomic mass is 32.2. The van der Waals surface area contributed by atoms with E-state index in [1.807, 2.05) is 25.1 Å². The van der Waals surface area contributed by atoms with Gasteiger partial charge >= 0.3 is 23.9 Å². The lowest BCUT2D eigenvalue weighted by molar-refractivity contribution is -0.237. The van der Waals surface area contributed by atoms with Crippen LogP contribution in [-0.4, -0.2) is 71.2 Å². The molecule has 1 aromatic heterocycles. The van der Waals surface area contributed by atoms with Crippen LogP contribution in [0.2, 0.25) is 0 Å². The molecule has 5 atom stereocenters. The number of aryl methyl sites for hydroxylation is 1. The zero-order chi connectivity index (χ0) is 32.0. The van der Waals surface area contributed by atoms with Crippen molar-refractivity contribution in [2.45, 2.75) is 69.4 Å². The van der Waals surface area contributed by atoms with Gasteiger partial charge in [-0.15, -0.1) is 0 Å². The molecule has 2 aromatic carbocycles. The Morgan fingerprint density at radius 1 is 0.841 bits per heavy atom. The van der Waals surface area contributed by atoms with Crippen LogP contribution >= 0.6 is 11.8 Å². The second-order valence-corrected chi connectivity index (χ2v) is 11.2. The van der Waals surface area contributed by atoms with Crippen LogP contribution in [0.25, 0.3) is 10.9 Å². The van der Waals surface area contributed by atoms with E-state index in [4.69, 9.17) is 23.7 Å². The minimum absolute atomic E-state index is 0.288. The van der Waals surface area contributed by atoms with Gasteiger partial charge in [0.25, 0.3) is 5.91 Å². The summed E-state index contributed by atoms with van der Waals surface area (Å²) in [6, 6.07) is 14.3. The lowest BCUT2D eigenvalue weighted by Crippen LogP contribution is -2.61. The first-order valence-corrected chi connectivity index (χ1v) is 14.5. The number of amides is 1. The van der Waals surface area contributed by atoms with Crippen molar-refractivity contribution in [1.82, 2.24) is 4.98 Å². The van der Waals surface area contributed by atoms with Crippen molar-refractivity contribution in [3.63, 3.8) is 0 Å². The summed E-state index contributed by atoms with van der Waals surface area (Å²) in [5, 5.41) is 3.78. The summed E-state index contributed by atoms with van der Waals surface area (Å²) in [5.41, 5.74) is 1.12. The van der Waals surface area contributed by atoms with E-state index in [1.54, 1.807) is 36.5 Å². The number of nitrogens with zero attached hydrogens (tertiary/aromatic N) is 1. The molecule has 2 heterocycles. The number of hydrogen-bond donors (Lipinski definition) is 1. The van der Waals surface area contributed by atoms with Crippen molar-refractivity contribution in [2.24, 2.45) is 0 Å². The van der Waals surface area contributed by atoms with E-state index in [2.05, 4.69) is 10.3 Å². The van der Waals surface area contributed by atoms with Crippen molar-refractivity contribution in [3.8, 4) is 0 Å². The van der Waals surface area contributed by atoms with Gasteiger partial charge in [-0.2, -0.15) is 0 Å². The number of carbonyl (C=O) groups excluding carboxylic acids is 5. The van der Waals surface area contributed by atoms with Gasteiger partial charge in [-0.1, -0.05) is 41.6 Å². The first-order valence-electron chi connectivity index (χ1n) is 13.7. The Kier molecular flexibility index (Phi) is 10.6. The van der Waals surface area contributed by atoms with Gasteiger partial charge in [-0.25, -0.2) is 0 Å². The summed E-state index contributed by atoms with van der Waals surface area (Å²) in [6.07, 6.45) is -3.36. The third-order valence-electron chi connectivity index (χ3n) is 6.45. The first-order chi connectivity index (χ1) is 20.9. The SMILES string of the molecule is CC(=O)OC[C@H]1O[C@@H](Sc2ccc(C)cc2C(=O)Nc2cccc3cccnc23)[C@H](OC(C)=O)[C@@H](OC(C)=O)[C@@H]1OC(C)=O. The third-order valence-corrected chi connectivity index (χ3v) is 7.67. The van der Waals surface area contributed by atoms with Crippen LogP contribution in [0.3, 0.4) is 0 Å². The van der Waals surface area contributed by atoms with Crippen LogP contribution in [0.5, 0.6) is 0 Å². The highest BCUT2D eigenvalue weighted by molar-refractivity contribution is 8.00. The number of anilines is 1. The maximum Gasteiger partial charge on any atom is 0.303 e. The maximum absolute atomic E-state index is 13.7. The predicted molar refractivity (Wildman–Crippen MR) is 159 cm³/mol. The van der Waals surface area contributed by atoms with Gasteiger partial charge in [0.2, 0.25) is 0 Å². The van der Waals surface area contributed by atoms with Gasteiger partial charge < -0.3 is 29.0 Å². The van der Waals surface area contributed by atoms with Crippen molar-refractivity contribution in [1.29, 1.82) is 0 Å². The second kappa shape index (κ2) is 14.3. The molecule has 1 amide bonds. The molecule has 0 unspecified atom stereocenters. The average molecular weight is 625 g/mol. The van der Waals surface area contributed by atoms with E-state index in [-0.39, 0.29) is 12.2 Å². The van der Waals surface area contributed by atoms with Crippen LogP contribution in [0.4, 0.5) is 5.69 Å². The number of nitrogens with one attached hydrogen (secondary N) is 1. The number of esters is 4. The Labute approximate surface area is 257 Å².